The first-order chi connectivity index (χ1) is 15.1. The number of hydrogen-bond acceptors (Lipinski definition) is 4. The average Bonchev–Trinajstić information content (AvgIpc) is 2.72. The van der Waals surface area contributed by atoms with Crippen molar-refractivity contribution in [1.29, 1.82) is 0 Å². The first kappa shape index (κ1) is 24.9. The Hall–Kier alpha value is -3.41. The number of halogens is 1. The third-order valence-electron chi connectivity index (χ3n) is 5.14. The van der Waals surface area contributed by atoms with Gasteiger partial charge in [-0.1, -0.05) is 23.3 Å². The molecule has 0 bridgehead atoms. The van der Waals surface area contributed by atoms with Gasteiger partial charge in [0.15, 0.2) is 5.78 Å². The van der Waals surface area contributed by atoms with Gasteiger partial charge in [-0.3, -0.25) is 4.79 Å². The minimum atomic E-state index is -1.34. The van der Waals surface area contributed by atoms with Gasteiger partial charge in [-0.05, 0) is 75.9 Å². The third-order valence-corrected chi connectivity index (χ3v) is 5.14. The molecule has 0 aromatic heterocycles. The van der Waals surface area contributed by atoms with Crippen molar-refractivity contribution in [1.82, 2.24) is 0 Å². The number of carbonyl (C=O) groups is 2. The fraction of sp³-hybridized carbons (Fsp3) is 0.308. The minimum Gasteiger partial charge on any atom is -0.507 e. The number of rotatable bonds is 10. The highest BCUT2D eigenvalue weighted by atomic mass is 19.1. The number of ether oxygens (including phenoxy) is 1. The van der Waals surface area contributed by atoms with Gasteiger partial charge in [0.05, 0.1) is 7.11 Å². The Bertz CT molecular complexity index is 1040. The lowest BCUT2D eigenvalue weighted by molar-refractivity contribution is 0.0692. The molecular formula is C26H29FO5. The van der Waals surface area contributed by atoms with Gasteiger partial charge in [-0.25, -0.2) is 9.18 Å². The Labute approximate surface area is 187 Å². The molecule has 2 aromatic rings. The lowest BCUT2D eigenvalue weighted by atomic mass is 9.93. The first-order valence-corrected chi connectivity index (χ1v) is 10.4. The Morgan fingerprint density at radius 1 is 1.09 bits per heavy atom. The SMILES string of the molecule is COc1cc(CC(=O)c2ccc(F)cc2)c(C(=O)O)c(O)c1C/C=C(\C)CCC=C(C)C. The van der Waals surface area contributed by atoms with Crippen LogP contribution in [0.2, 0.25) is 0 Å². The molecule has 0 heterocycles. The largest absolute Gasteiger partial charge is 0.507 e. The number of carboxylic acid groups (broad SMARTS) is 1. The van der Waals surface area contributed by atoms with Crippen LogP contribution in [0.5, 0.6) is 11.5 Å². The number of carboxylic acids is 1. The lowest BCUT2D eigenvalue weighted by Crippen LogP contribution is -2.11. The highest BCUT2D eigenvalue weighted by Gasteiger charge is 2.24. The van der Waals surface area contributed by atoms with Gasteiger partial charge in [0.25, 0.3) is 0 Å². The number of methoxy groups -OCH3 is 1. The van der Waals surface area contributed by atoms with E-state index in [2.05, 4.69) is 6.08 Å². The number of phenols is 1. The van der Waals surface area contributed by atoms with E-state index in [0.29, 0.717) is 17.7 Å². The summed E-state index contributed by atoms with van der Waals surface area (Å²) < 4.78 is 18.5. The number of ketones is 1. The standard InChI is InChI=1S/C26H29FO5/c1-16(2)6-5-7-17(3)8-13-21-23(32-4)15-19(24(25(21)29)26(30)31)14-22(28)18-9-11-20(27)12-10-18/h6,8-12,15,29H,5,7,13-14H2,1-4H3,(H,30,31)/b17-8+. The smallest absolute Gasteiger partial charge is 0.339 e. The molecule has 170 valence electrons. The van der Waals surface area contributed by atoms with Crippen LogP contribution in [0.4, 0.5) is 4.39 Å². The average molecular weight is 441 g/mol. The van der Waals surface area contributed by atoms with Crippen LogP contribution in [0.25, 0.3) is 0 Å². The maximum Gasteiger partial charge on any atom is 0.339 e. The molecule has 0 saturated carbocycles. The summed E-state index contributed by atoms with van der Waals surface area (Å²) in [6, 6.07) is 6.49. The summed E-state index contributed by atoms with van der Waals surface area (Å²) in [6.45, 7) is 6.06. The van der Waals surface area contributed by atoms with Crippen LogP contribution in [-0.2, 0) is 12.8 Å². The fourth-order valence-corrected chi connectivity index (χ4v) is 3.37. The molecule has 0 radical (unpaired) electrons. The van der Waals surface area contributed by atoms with E-state index >= 15 is 0 Å². The van der Waals surface area contributed by atoms with E-state index in [-0.39, 0.29) is 23.1 Å². The van der Waals surface area contributed by atoms with Gasteiger partial charge in [-0.15, -0.1) is 0 Å². The minimum absolute atomic E-state index is 0.134. The quantitative estimate of drug-likeness (QED) is 0.355. The number of aromatic hydroxyl groups is 1. The summed E-state index contributed by atoms with van der Waals surface area (Å²) in [6.07, 6.45) is 5.86. The molecule has 0 fully saturated rings. The number of aromatic carboxylic acids is 1. The summed E-state index contributed by atoms with van der Waals surface area (Å²) in [7, 11) is 1.43. The molecular weight excluding hydrogens is 411 g/mol. The number of Topliss-reactive ketones (excluding diaryl/α,β-unsaturated/α-hetero) is 1. The summed E-state index contributed by atoms with van der Waals surface area (Å²) in [5.41, 5.74) is 2.76. The van der Waals surface area contributed by atoms with Gasteiger partial charge in [0.2, 0.25) is 0 Å². The van der Waals surface area contributed by atoms with Gasteiger partial charge in [0, 0.05) is 17.5 Å². The second-order valence-electron chi connectivity index (χ2n) is 7.93. The Morgan fingerprint density at radius 3 is 2.31 bits per heavy atom. The highest BCUT2D eigenvalue weighted by Crippen LogP contribution is 2.36. The molecule has 0 saturated heterocycles. The topological polar surface area (TPSA) is 83.8 Å². The Kier molecular flexibility index (Phi) is 8.76. The number of allylic oxidation sites excluding steroid dienone is 4. The van der Waals surface area contributed by atoms with E-state index in [1.165, 1.54) is 43.0 Å². The zero-order valence-corrected chi connectivity index (χ0v) is 18.9. The molecule has 0 unspecified atom stereocenters. The summed E-state index contributed by atoms with van der Waals surface area (Å²) in [5.74, 6) is -2.30. The molecule has 0 aliphatic heterocycles. The summed E-state index contributed by atoms with van der Waals surface area (Å²) in [4.78, 5) is 24.5. The Balaban J connectivity index is 2.36. The van der Waals surface area contributed by atoms with Crippen molar-refractivity contribution in [2.45, 2.75) is 46.5 Å². The van der Waals surface area contributed by atoms with Crippen LogP contribution in [0, 0.1) is 5.82 Å². The molecule has 6 heteroatoms. The second-order valence-corrected chi connectivity index (χ2v) is 7.93. The second kappa shape index (κ2) is 11.3. The van der Waals surface area contributed by atoms with E-state index in [0.717, 1.165) is 18.4 Å². The molecule has 32 heavy (non-hydrogen) atoms. The molecule has 2 aromatic carbocycles. The molecule has 0 amide bonds. The maximum atomic E-state index is 13.1. The number of carbonyl (C=O) groups excluding carboxylic acids is 1. The van der Waals surface area contributed by atoms with Crippen LogP contribution >= 0.6 is 0 Å². The van der Waals surface area contributed by atoms with Crippen molar-refractivity contribution in [3.63, 3.8) is 0 Å². The Morgan fingerprint density at radius 2 is 1.75 bits per heavy atom. The monoisotopic (exact) mass is 440 g/mol. The van der Waals surface area contributed by atoms with Crippen LogP contribution < -0.4 is 4.74 Å². The van der Waals surface area contributed by atoms with Crippen molar-refractivity contribution in [3.8, 4) is 11.5 Å². The molecule has 0 spiro atoms. The zero-order valence-electron chi connectivity index (χ0n) is 18.9. The predicted octanol–water partition coefficient (Wildman–Crippen LogP) is 5.90. The van der Waals surface area contributed by atoms with Crippen molar-refractivity contribution < 1.29 is 28.9 Å². The number of benzene rings is 2. The molecule has 0 aliphatic rings. The molecule has 0 aliphatic carbocycles. The molecule has 2 rings (SSSR count). The summed E-state index contributed by atoms with van der Waals surface area (Å²) in [5, 5.41) is 20.5. The van der Waals surface area contributed by atoms with E-state index in [4.69, 9.17) is 4.74 Å². The first-order valence-electron chi connectivity index (χ1n) is 10.4. The fourth-order valence-electron chi connectivity index (χ4n) is 3.37. The van der Waals surface area contributed by atoms with Crippen molar-refractivity contribution >= 4 is 11.8 Å². The normalized spacial score (nSPS) is 11.2. The van der Waals surface area contributed by atoms with Crippen molar-refractivity contribution in [2.75, 3.05) is 7.11 Å². The van der Waals surface area contributed by atoms with Crippen LogP contribution in [0.1, 0.15) is 65.5 Å². The van der Waals surface area contributed by atoms with E-state index in [1.54, 1.807) is 0 Å². The molecule has 0 atom stereocenters. The van der Waals surface area contributed by atoms with Crippen LogP contribution in [-0.4, -0.2) is 29.1 Å². The lowest BCUT2D eigenvalue weighted by Gasteiger charge is -2.16. The highest BCUT2D eigenvalue weighted by molar-refractivity contribution is 6.01. The van der Waals surface area contributed by atoms with Gasteiger partial charge < -0.3 is 14.9 Å². The summed E-state index contributed by atoms with van der Waals surface area (Å²) >= 11 is 0. The zero-order chi connectivity index (χ0) is 23.8. The van der Waals surface area contributed by atoms with Gasteiger partial charge in [0.1, 0.15) is 22.9 Å². The third kappa shape index (κ3) is 6.54. The number of hydrogen-bond donors (Lipinski definition) is 2. The molecule has 2 N–H and O–H groups in total. The van der Waals surface area contributed by atoms with Crippen LogP contribution in [0.3, 0.4) is 0 Å². The van der Waals surface area contributed by atoms with Crippen LogP contribution in [0.15, 0.2) is 53.6 Å². The van der Waals surface area contributed by atoms with E-state index < -0.39 is 23.3 Å². The molecule has 5 nitrogen and oxygen atoms in total. The van der Waals surface area contributed by atoms with Crippen molar-refractivity contribution in [2.24, 2.45) is 0 Å². The van der Waals surface area contributed by atoms with E-state index in [1.807, 2.05) is 26.8 Å². The predicted molar refractivity (Wildman–Crippen MR) is 122 cm³/mol. The maximum absolute atomic E-state index is 13.1. The van der Waals surface area contributed by atoms with Gasteiger partial charge in [-0.2, -0.15) is 0 Å². The van der Waals surface area contributed by atoms with Crippen molar-refractivity contribution in [3.05, 3.63) is 81.7 Å². The van der Waals surface area contributed by atoms with E-state index in [9.17, 15) is 24.2 Å². The van der Waals surface area contributed by atoms with Gasteiger partial charge >= 0.3 is 5.97 Å².